The molecule has 2 aliphatic rings. The Labute approximate surface area is 178 Å². The molecule has 0 saturated carbocycles. The molecule has 7 heteroatoms. The van der Waals surface area contributed by atoms with Crippen LogP contribution in [0.5, 0.6) is 0 Å². The number of pyridine rings is 1. The van der Waals surface area contributed by atoms with Crippen LogP contribution in [0.15, 0.2) is 34.3 Å². The molecule has 0 aromatic carbocycles. The number of rotatable bonds is 5. The molecule has 2 unspecified atom stereocenters. The van der Waals surface area contributed by atoms with E-state index in [0.717, 1.165) is 59.8 Å². The van der Waals surface area contributed by atoms with Crippen LogP contribution in [0.25, 0.3) is 10.2 Å². The van der Waals surface area contributed by atoms with Crippen LogP contribution in [-0.4, -0.2) is 27.2 Å². The Morgan fingerprint density at radius 2 is 2.28 bits per heavy atom. The van der Waals surface area contributed by atoms with Crippen molar-refractivity contribution < 1.29 is 4.74 Å². The van der Waals surface area contributed by atoms with Crippen LogP contribution < -0.4 is 5.56 Å². The van der Waals surface area contributed by atoms with Gasteiger partial charge in [0, 0.05) is 23.4 Å². The highest BCUT2D eigenvalue weighted by Gasteiger charge is 2.26. The summed E-state index contributed by atoms with van der Waals surface area (Å²) in [7, 11) is 0. The Bertz CT molecular complexity index is 1070. The summed E-state index contributed by atoms with van der Waals surface area (Å²) in [4.78, 5) is 25.3. The third-order valence-electron chi connectivity index (χ3n) is 5.87. The predicted octanol–water partition coefficient (Wildman–Crippen LogP) is 4.45. The van der Waals surface area contributed by atoms with E-state index >= 15 is 0 Å². The summed E-state index contributed by atoms with van der Waals surface area (Å²) in [5.74, 6) is 1.38. The quantitative estimate of drug-likeness (QED) is 0.445. The summed E-state index contributed by atoms with van der Waals surface area (Å²) in [6.07, 6.45) is 7.20. The molecule has 1 aliphatic heterocycles. The molecule has 0 amide bonds. The van der Waals surface area contributed by atoms with Crippen molar-refractivity contribution in [3.8, 4) is 0 Å². The molecule has 1 saturated heterocycles. The second-order valence-electron chi connectivity index (χ2n) is 8.09. The maximum absolute atomic E-state index is 13.6. The minimum Gasteiger partial charge on any atom is -0.376 e. The van der Waals surface area contributed by atoms with Crippen molar-refractivity contribution in [3.63, 3.8) is 0 Å². The van der Waals surface area contributed by atoms with Crippen molar-refractivity contribution in [1.82, 2.24) is 14.5 Å². The summed E-state index contributed by atoms with van der Waals surface area (Å²) in [5, 5.41) is 1.65. The minimum atomic E-state index is 0.107. The van der Waals surface area contributed by atoms with E-state index in [1.54, 1.807) is 29.3 Å². The summed E-state index contributed by atoms with van der Waals surface area (Å²) < 4.78 is 7.72. The number of ether oxygens (including phenoxy) is 1. The molecule has 1 aliphatic carbocycles. The van der Waals surface area contributed by atoms with E-state index in [9.17, 15) is 4.79 Å². The van der Waals surface area contributed by atoms with Gasteiger partial charge in [0.2, 0.25) is 0 Å². The molecule has 0 spiro atoms. The summed E-state index contributed by atoms with van der Waals surface area (Å²) in [6, 6.07) is 5.93. The number of thioether (sulfide) groups is 1. The molecule has 152 valence electrons. The van der Waals surface area contributed by atoms with Crippen molar-refractivity contribution in [2.24, 2.45) is 5.92 Å². The number of aryl methyl sites for hydroxylation is 1. The molecular formula is C22H25N3O2S2. The van der Waals surface area contributed by atoms with E-state index in [-0.39, 0.29) is 11.7 Å². The van der Waals surface area contributed by atoms with Gasteiger partial charge in [0.1, 0.15) is 4.83 Å². The Morgan fingerprint density at radius 1 is 1.34 bits per heavy atom. The lowest BCUT2D eigenvalue weighted by Crippen LogP contribution is -2.29. The van der Waals surface area contributed by atoms with Crippen molar-refractivity contribution in [1.29, 1.82) is 0 Å². The van der Waals surface area contributed by atoms with Gasteiger partial charge < -0.3 is 4.74 Å². The fraction of sp³-hybridized carbons (Fsp3) is 0.500. The zero-order chi connectivity index (χ0) is 19.8. The molecule has 2 atom stereocenters. The highest BCUT2D eigenvalue weighted by molar-refractivity contribution is 7.98. The number of hydrogen-bond acceptors (Lipinski definition) is 6. The first-order chi connectivity index (χ1) is 14.2. The van der Waals surface area contributed by atoms with Gasteiger partial charge in [-0.15, -0.1) is 11.3 Å². The largest absolute Gasteiger partial charge is 0.376 e. The number of nitrogens with zero attached hydrogens (tertiary/aromatic N) is 3. The number of hydrogen-bond donors (Lipinski definition) is 0. The Hall–Kier alpha value is -1.70. The van der Waals surface area contributed by atoms with Gasteiger partial charge in [0.05, 0.1) is 23.7 Å². The smallest absolute Gasteiger partial charge is 0.263 e. The molecule has 3 aromatic heterocycles. The van der Waals surface area contributed by atoms with Crippen molar-refractivity contribution >= 4 is 33.3 Å². The number of aromatic nitrogens is 3. The van der Waals surface area contributed by atoms with Crippen molar-refractivity contribution in [2.75, 3.05) is 6.61 Å². The lowest BCUT2D eigenvalue weighted by atomic mass is 9.89. The molecule has 0 radical (unpaired) electrons. The molecule has 29 heavy (non-hydrogen) atoms. The van der Waals surface area contributed by atoms with Crippen LogP contribution in [0.4, 0.5) is 0 Å². The van der Waals surface area contributed by atoms with E-state index in [4.69, 9.17) is 9.72 Å². The van der Waals surface area contributed by atoms with Crippen LogP contribution in [-0.2, 0) is 29.9 Å². The average molecular weight is 428 g/mol. The minimum absolute atomic E-state index is 0.107. The summed E-state index contributed by atoms with van der Waals surface area (Å²) >= 11 is 3.32. The lowest BCUT2D eigenvalue weighted by molar-refractivity contribution is 0.0937. The van der Waals surface area contributed by atoms with Gasteiger partial charge in [0.15, 0.2) is 5.16 Å². The summed E-state index contributed by atoms with van der Waals surface area (Å²) in [6.45, 7) is 3.68. The van der Waals surface area contributed by atoms with Gasteiger partial charge in [-0.05, 0) is 55.7 Å². The predicted molar refractivity (Wildman–Crippen MR) is 118 cm³/mol. The Kier molecular flexibility index (Phi) is 5.45. The van der Waals surface area contributed by atoms with E-state index in [0.29, 0.717) is 18.2 Å². The number of thiophene rings is 1. The molecule has 0 bridgehead atoms. The second kappa shape index (κ2) is 8.20. The van der Waals surface area contributed by atoms with Crippen LogP contribution in [0, 0.1) is 5.92 Å². The Morgan fingerprint density at radius 3 is 3.07 bits per heavy atom. The normalized spacial score (nSPS) is 21.6. The van der Waals surface area contributed by atoms with Gasteiger partial charge in [-0.3, -0.25) is 14.3 Å². The average Bonchev–Trinajstić information content (AvgIpc) is 3.36. The number of fused-ring (bicyclic) bond motifs is 3. The third-order valence-corrected chi connectivity index (χ3v) is 8.02. The van der Waals surface area contributed by atoms with Gasteiger partial charge in [-0.25, -0.2) is 4.98 Å². The van der Waals surface area contributed by atoms with Crippen molar-refractivity contribution in [3.05, 3.63) is 50.9 Å². The zero-order valence-corrected chi connectivity index (χ0v) is 18.2. The Balaban J connectivity index is 1.56. The van der Waals surface area contributed by atoms with Gasteiger partial charge in [-0.1, -0.05) is 24.8 Å². The maximum Gasteiger partial charge on any atom is 0.263 e. The molecule has 5 nitrogen and oxygen atoms in total. The molecule has 4 heterocycles. The van der Waals surface area contributed by atoms with E-state index in [1.807, 2.05) is 22.8 Å². The van der Waals surface area contributed by atoms with Gasteiger partial charge >= 0.3 is 0 Å². The molecule has 0 N–H and O–H groups in total. The highest BCUT2D eigenvalue weighted by atomic mass is 32.2. The first kappa shape index (κ1) is 19.3. The van der Waals surface area contributed by atoms with E-state index in [2.05, 4.69) is 11.9 Å². The first-order valence-electron chi connectivity index (χ1n) is 10.4. The van der Waals surface area contributed by atoms with Crippen LogP contribution in [0.1, 0.15) is 42.3 Å². The third kappa shape index (κ3) is 3.88. The second-order valence-corrected chi connectivity index (χ2v) is 10.1. The zero-order valence-electron chi connectivity index (χ0n) is 16.6. The highest BCUT2D eigenvalue weighted by Crippen LogP contribution is 2.37. The standard InChI is InChI=1S/C22H25N3O2S2/c1-14-7-8-17-18(11-14)29-20-19(17)21(26)25(12-16-6-4-10-27-16)22(24-20)28-13-15-5-2-3-9-23-15/h2-3,5,9,14,16H,4,6-8,10-13H2,1H3. The fourth-order valence-electron chi connectivity index (χ4n) is 4.29. The van der Waals surface area contributed by atoms with Crippen molar-refractivity contribution in [2.45, 2.75) is 62.6 Å². The monoisotopic (exact) mass is 427 g/mol. The topological polar surface area (TPSA) is 57.0 Å². The first-order valence-corrected chi connectivity index (χ1v) is 12.2. The van der Waals surface area contributed by atoms with Crippen LogP contribution in [0.3, 0.4) is 0 Å². The maximum atomic E-state index is 13.6. The van der Waals surface area contributed by atoms with Gasteiger partial charge in [-0.2, -0.15) is 0 Å². The van der Waals surface area contributed by atoms with E-state index < -0.39 is 0 Å². The van der Waals surface area contributed by atoms with Gasteiger partial charge in [0.25, 0.3) is 5.56 Å². The lowest BCUT2D eigenvalue weighted by Gasteiger charge is -2.18. The van der Waals surface area contributed by atoms with Crippen LogP contribution in [0.2, 0.25) is 0 Å². The van der Waals surface area contributed by atoms with E-state index in [1.165, 1.54) is 10.4 Å². The SMILES string of the molecule is CC1CCc2c(sc3nc(SCc4ccccn4)n(CC4CCCO4)c(=O)c23)C1. The molecule has 3 aromatic rings. The molecule has 1 fully saturated rings. The fourth-order valence-corrected chi connectivity index (χ4v) is 6.64. The molecular weight excluding hydrogens is 402 g/mol. The summed E-state index contributed by atoms with van der Waals surface area (Å²) in [5.41, 5.74) is 2.36. The molecule has 5 rings (SSSR count). The van der Waals surface area contributed by atoms with Crippen LogP contribution >= 0.6 is 23.1 Å².